The SMILES string of the molecule is CC(C)(OC(=O)Nc1ccc2c(c1)N(S(=O)(=O)c1cccc(C(F)(F)F)c1)CC(CC1(C(=O)O)CC1)O2)C(F)(F)F. The van der Waals surface area contributed by atoms with Crippen LogP contribution in [0.2, 0.25) is 0 Å². The zero-order valence-corrected chi connectivity index (χ0v) is 22.3. The van der Waals surface area contributed by atoms with Crippen LogP contribution >= 0.6 is 0 Å². The summed E-state index contributed by atoms with van der Waals surface area (Å²) >= 11 is 0. The molecule has 9 nitrogen and oxygen atoms in total. The molecule has 16 heteroatoms. The highest BCUT2D eigenvalue weighted by Gasteiger charge is 2.53. The van der Waals surface area contributed by atoms with E-state index in [4.69, 9.17) is 4.74 Å². The lowest BCUT2D eigenvalue weighted by Crippen LogP contribution is -2.45. The molecule has 1 aliphatic carbocycles. The highest BCUT2D eigenvalue weighted by atomic mass is 32.2. The molecule has 0 bridgehead atoms. The zero-order chi connectivity index (χ0) is 30.6. The maximum absolute atomic E-state index is 13.7. The second-order valence-corrected chi connectivity index (χ2v) is 12.2. The van der Waals surface area contributed by atoms with Crippen LogP contribution in [0.3, 0.4) is 0 Å². The molecular weight excluding hydrogens is 586 g/mol. The number of amides is 1. The van der Waals surface area contributed by atoms with Crippen molar-refractivity contribution < 1.29 is 58.9 Å². The van der Waals surface area contributed by atoms with Crippen LogP contribution in [-0.4, -0.2) is 50.0 Å². The molecule has 0 saturated heterocycles. The van der Waals surface area contributed by atoms with E-state index in [2.05, 4.69) is 10.1 Å². The largest absolute Gasteiger partial charge is 0.486 e. The van der Waals surface area contributed by atoms with Crippen LogP contribution in [0, 0.1) is 5.41 Å². The lowest BCUT2D eigenvalue weighted by molar-refractivity contribution is -0.242. The van der Waals surface area contributed by atoms with E-state index >= 15 is 0 Å². The van der Waals surface area contributed by atoms with E-state index in [1.165, 1.54) is 12.1 Å². The highest BCUT2D eigenvalue weighted by Crippen LogP contribution is 2.51. The number of halogens is 6. The molecule has 1 amide bonds. The number of nitrogens with one attached hydrogen (secondary N) is 1. The minimum atomic E-state index is -4.90. The number of carboxylic acids is 1. The van der Waals surface area contributed by atoms with E-state index < -0.39 is 68.6 Å². The average molecular weight is 611 g/mol. The van der Waals surface area contributed by atoms with E-state index in [9.17, 15) is 49.5 Å². The summed E-state index contributed by atoms with van der Waals surface area (Å²) in [6, 6.07) is 6.42. The topological polar surface area (TPSA) is 122 Å². The molecule has 1 unspecified atom stereocenters. The van der Waals surface area contributed by atoms with Crippen molar-refractivity contribution in [1.29, 1.82) is 0 Å². The summed E-state index contributed by atoms with van der Waals surface area (Å²) in [6.45, 7) is 0.761. The van der Waals surface area contributed by atoms with Crippen molar-refractivity contribution in [2.75, 3.05) is 16.2 Å². The molecule has 0 radical (unpaired) electrons. The number of anilines is 2. The van der Waals surface area contributed by atoms with Crippen LogP contribution in [0.1, 0.15) is 38.7 Å². The van der Waals surface area contributed by atoms with Crippen molar-refractivity contribution >= 4 is 33.5 Å². The fourth-order valence-corrected chi connectivity index (χ4v) is 5.75. The first-order valence-electron chi connectivity index (χ1n) is 12.1. The predicted molar refractivity (Wildman–Crippen MR) is 131 cm³/mol. The molecule has 224 valence electrons. The van der Waals surface area contributed by atoms with Gasteiger partial charge in [-0.1, -0.05) is 6.07 Å². The summed E-state index contributed by atoms with van der Waals surface area (Å²) < 4.78 is 118. The van der Waals surface area contributed by atoms with Gasteiger partial charge >= 0.3 is 24.4 Å². The number of fused-ring (bicyclic) bond motifs is 1. The fraction of sp³-hybridized carbons (Fsp3) is 0.440. The normalized spacial score (nSPS) is 18.6. The summed E-state index contributed by atoms with van der Waals surface area (Å²) in [5.74, 6) is -1.20. The monoisotopic (exact) mass is 610 g/mol. The van der Waals surface area contributed by atoms with E-state index in [-0.39, 0.29) is 23.5 Å². The van der Waals surface area contributed by atoms with E-state index in [0.717, 1.165) is 22.5 Å². The van der Waals surface area contributed by atoms with E-state index in [1.54, 1.807) is 0 Å². The molecule has 0 aromatic heterocycles. The second-order valence-electron chi connectivity index (χ2n) is 10.3. The molecule has 2 aromatic rings. The van der Waals surface area contributed by atoms with Crippen molar-refractivity contribution in [1.82, 2.24) is 0 Å². The van der Waals surface area contributed by atoms with Crippen LogP contribution in [0.4, 0.5) is 42.5 Å². The van der Waals surface area contributed by atoms with Crippen molar-refractivity contribution in [3.63, 3.8) is 0 Å². The molecule has 41 heavy (non-hydrogen) atoms. The molecule has 2 aromatic carbocycles. The number of benzene rings is 2. The maximum Gasteiger partial charge on any atom is 0.427 e. The first-order chi connectivity index (χ1) is 18.7. The van der Waals surface area contributed by atoms with Gasteiger partial charge in [-0.3, -0.25) is 14.4 Å². The summed E-state index contributed by atoms with van der Waals surface area (Å²) in [7, 11) is -4.73. The third kappa shape index (κ3) is 6.16. The van der Waals surface area contributed by atoms with Crippen LogP contribution in [0.5, 0.6) is 5.75 Å². The third-order valence-electron chi connectivity index (χ3n) is 6.84. The quantitative estimate of drug-likeness (QED) is 0.380. The van der Waals surface area contributed by atoms with Gasteiger partial charge in [-0.25, -0.2) is 13.2 Å². The number of ether oxygens (including phenoxy) is 2. The number of aliphatic carboxylic acids is 1. The molecule has 1 aliphatic heterocycles. The van der Waals surface area contributed by atoms with Gasteiger partial charge in [0.2, 0.25) is 5.60 Å². The maximum atomic E-state index is 13.7. The molecule has 1 fully saturated rings. The van der Waals surface area contributed by atoms with Gasteiger partial charge in [0.05, 0.1) is 28.1 Å². The van der Waals surface area contributed by atoms with Gasteiger partial charge in [-0.05, 0) is 63.1 Å². The smallest absolute Gasteiger partial charge is 0.427 e. The average Bonchev–Trinajstić information content (AvgIpc) is 3.63. The van der Waals surface area contributed by atoms with Crippen LogP contribution in [0.25, 0.3) is 0 Å². The number of sulfonamides is 1. The van der Waals surface area contributed by atoms with Gasteiger partial charge in [-0.2, -0.15) is 26.3 Å². The van der Waals surface area contributed by atoms with Crippen molar-refractivity contribution in [3.8, 4) is 5.75 Å². The Morgan fingerprint density at radius 2 is 1.76 bits per heavy atom. The molecular formula is C25H24F6N2O7S. The van der Waals surface area contributed by atoms with Crippen molar-refractivity contribution in [2.45, 2.75) is 62.1 Å². The molecule has 1 heterocycles. The third-order valence-corrected chi connectivity index (χ3v) is 8.62. The summed E-state index contributed by atoms with van der Waals surface area (Å²) in [4.78, 5) is 23.2. The summed E-state index contributed by atoms with van der Waals surface area (Å²) in [6.07, 6.45) is -11.7. The molecule has 4 rings (SSSR count). The van der Waals surface area contributed by atoms with Gasteiger partial charge in [0, 0.05) is 12.1 Å². The Bertz CT molecular complexity index is 1470. The van der Waals surface area contributed by atoms with E-state index in [0.29, 0.717) is 38.8 Å². The van der Waals surface area contributed by atoms with Crippen molar-refractivity contribution in [2.24, 2.45) is 5.41 Å². The van der Waals surface area contributed by atoms with Gasteiger partial charge < -0.3 is 14.6 Å². The Morgan fingerprint density at radius 3 is 2.32 bits per heavy atom. The van der Waals surface area contributed by atoms with Gasteiger partial charge in [-0.15, -0.1) is 0 Å². The summed E-state index contributed by atoms with van der Waals surface area (Å²) in [5, 5.41) is 11.6. The lowest BCUT2D eigenvalue weighted by atomic mass is 9.97. The standard InChI is InChI=1S/C25H24F6N2O7S/c1-22(2,25(29,30)31)40-21(36)32-15-6-7-19-18(11-15)33(13-16(39-19)12-23(8-9-23)20(34)35)41(37,38)17-5-3-4-14(10-17)24(26,27)28/h3-7,10-11,16H,8-9,12-13H2,1-2H3,(H,32,36)(H,34,35). The van der Waals surface area contributed by atoms with Gasteiger partial charge in [0.25, 0.3) is 10.0 Å². The van der Waals surface area contributed by atoms with Crippen LogP contribution in [0.15, 0.2) is 47.4 Å². The number of rotatable bonds is 7. The molecule has 2 aliphatic rings. The predicted octanol–water partition coefficient (Wildman–Crippen LogP) is 5.81. The minimum absolute atomic E-state index is 0.0881. The van der Waals surface area contributed by atoms with Crippen LogP contribution < -0.4 is 14.4 Å². The Labute approximate surface area is 230 Å². The molecule has 0 spiro atoms. The number of alkyl halides is 6. The first-order valence-corrected chi connectivity index (χ1v) is 13.5. The number of hydrogen-bond donors (Lipinski definition) is 2. The Hall–Kier alpha value is -3.69. The Morgan fingerprint density at radius 1 is 1.10 bits per heavy atom. The van der Waals surface area contributed by atoms with Gasteiger partial charge in [0.15, 0.2) is 0 Å². The molecule has 1 saturated carbocycles. The number of carbonyl (C=O) groups excluding carboxylic acids is 1. The molecule has 1 atom stereocenters. The number of hydrogen-bond acceptors (Lipinski definition) is 6. The number of nitrogens with zero attached hydrogens (tertiary/aromatic N) is 1. The first kappa shape index (κ1) is 30.3. The summed E-state index contributed by atoms with van der Waals surface area (Å²) in [5.41, 5.74) is -5.67. The van der Waals surface area contributed by atoms with Crippen LogP contribution in [-0.2, 0) is 25.7 Å². The lowest BCUT2D eigenvalue weighted by Gasteiger charge is -2.36. The molecule has 2 N–H and O–H groups in total. The zero-order valence-electron chi connectivity index (χ0n) is 21.5. The van der Waals surface area contributed by atoms with Gasteiger partial charge in [0.1, 0.15) is 11.9 Å². The minimum Gasteiger partial charge on any atom is -0.486 e. The Kier molecular flexibility index (Phi) is 7.38. The Balaban J connectivity index is 1.71. The number of carboxylic acid groups (broad SMARTS) is 1. The van der Waals surface area contributed by atoms with E-state index in [1.807, 2.05) is 0 Å². The highest BCUT2D eigenvalue weighted by molar-refractivity contribution is 7.92. The second kappa shape index (κ2) is 9.99. The van der Waals surface area contributed by atoms with Crippen molar-refractivity contribution in [3.05, 3.63) is 48.0 Å². The number of carbonyl (C=O) groups is 2. The fourth-order valence-electron chi connectivity index (χ4n) is 4.21.